The van der Waals surface area contributed by atoms with Crippen LogP contribution in [0.5, 0.6) is 0 Å². The van der Waals surface area contributed by atoms with E-state index < -0.39 is 0 Å². The third-order valence-corrected chi connectivity index (χ3v) is 2.66. The summed E-state index contributed by atoms with van der Waals surface area (Å²) in [5.74, 6) is 0.0282. The molecule has 5 nitrogen and oxygen atoms in total. The first-order chi connectivity index (χ1) is 9.15. The van der Waals surface area contributed by atoms with E-state index in [0.717, 1.165) is 24.9 Å². The first kappa shape index (κ1) is 15.0. The monoisotopic (exact) mass is 263 g/mol. The SMILES string of the molecule is CCCCCC(=O)Nc1ccc(NC(=O)NC)cc1. The summed E-state index contributed by atoms with van der Waals surface area (Å²) < 4.78 is 0. The minimum absolute atomic E-state index is 0.0282. The van der Waals surface area contributed by atoms with Crippen molar-refractivity contribution in [1.82, 2.24) is 5.32 Å². The molecule has 0 aliphatic rings. The molecule has 0 fully saturated rings. The van der Waals surface area contributed by atoms with Crippen molar-refractivity contribution < 1.29 is 9.59 Å². The minimum atomic E-state index is -0.267. The lowest BCUT2D eigenvalue weighted by Gasteiger charge is -2.07. The summed E-state index contributed by atoms with van der Waals surface area (Å²) in [5.41, 5.74) is 1.42. The van der Waals surface area contributed by atoms with E-state index >= 15 is 0 Å². The fourth-order valence-corrected chi connectivity index (χ4v) is 1.59. The first-order valence-electron chi connectivity index (χ1n) is 6.54. The number of benzene rings is 1. The Hall–Kier alpha value is -2.04. The number of urea groups is 1. The predicted octanol–water partition coefficient (Wildman–Crippen LogP) is 2.96. The molecule has 0 aromatic heterocycles. The molecule has 1 aromatic carbocycles. The Labute approximate surface area is 113 Å². The lowest BCUT2D eigenvalue weighted by atomic mass is 10.2. The van der Waals surface area contributed by atoms with Crippen LogP contribution in [-0.2, 0) is 4.79 Å². The van der Waals surface area contributed by atoms with Gasteiger partial charge in [-0.2, -0.15) is 0 Å². The van der Waals surface area contributed by atoms with Gasteiger partial charge in [-0.3, -0.25) is 4.79 Å². The molecule has 0 bridgehead atoms. The van der Waals surface area contributed by atoms with Gasteiger partial charge in [-0.1, -0.05) is 19.8 Å². The molecule has 0 atom stereocenters. The molecule has 0 saturated heterocycles. The van der Waals surface area contributed by atoms with Crippen LogP contribution in [0.1, 0.15) is 32.6 Å². The highest BCUT2D eigenvalue weighted by Crippen LogP contribution is 2.14. The molecule has 0 aliphatic heterocycles. The lowest BCUT2D eigenvalue weighted by molar-refractivity contribution is -0.116. The normalized spacial score (nSPS) is 9.79. The number of anilines is 2. The Bertz CT molecular complexity index is 415. The van der Waals surface area contributed by atoms with Gasteiger partial charge in [0.2, 0.25) is 5.91 Å². The fraction of sp³-hybridized carbons (Fsp3) is 0.429. The van der Waals surface area contributed by atoms with Crippen LogP contribution in [0.2, 0.25) is 0 Å². The molecule has 3 amide bonds. The van der Waals surface area contributed by atoms with Crippen LogP contribution in [-0.4, -0.2) is 19.0 Å². The van der Waals surface area contributed by atoms with Crippen molar-refractivity contribution in [1.29, 1.82) is 0 Å². The van der Waals surface area contributed by atoms with E-state index in [2.05, 4.69) is 22.9 Å². The summed E-state index contributed by atoms with van der Waals surface area (Å²) in [6, 6.07) is 6.76. The highest BCUT2D eigenvalue weighted by Gasteiger charge is 2.03. The van der Waals surface area contributed by atoms with Gasteiger partial charge in [0.05, 0.1) is 0 Å². The summed E-state index contributed by atoms with van der Waals surface area (Å²) in [4.78, 5) is 22.7. The van der Waals surface area contributed by atoms with Gasteiger partial charge in [0.25, 0.3) is 0 Å². The van der Waals surface area contributed by atoms with Crippen molar-refractivity contribution in [2.45, 2.75) is 32.6 Å². The average molecular weight is 263 g/mol. The number of nitrogens with one attached hydrogen (secondary N) is 3. The molecule has 5 heteroatoms. The molecule has 0 unspecified atom stereocenters. The zero-order valence-electron chi connectivity index (χ0n) is 11.5. The van der Waals surface area contributed by atoms with Crippen LogP contribution < -0.4 is 16.0 Å². The number of rotatable bonds is 6. The molecule has 104 valence electrons. The minimum Gasteiger partial charge on any atom is -0.341 e. The van der Waals surface area contributed by atoms with E-state index in [1.807, 2.05) is 0 Å². The quantitative estimate of drug-likeness (QED) is 0.690. The molecular formula is C14H21N3O2. The number of unbranched alkanes of at least 4 members (excludes halogenated alkanes) is 2. The van der Waals surface area contributed by atoms with Crippen molar-refractivity contribution in [2.75, 3.05) is 17.7 Å². The number of hydrogen-bond acceptors (Lipinski definition) is 2. The van der Waals surface area contributed by atoms with Crippen molar-refractivity contribution >= 4 is 23.3 Å². The predicted molar refractivity (Wildman–Crippen MR) is 77.3 cm³/mol. The van der Waals surface area contributed by atoms with Crippen molar-refractivity contribution in [3.05, 3.63) is 24.3 Å². The molecule has 0 spiro atoms. The van der Waals surface area contributed by atoms with E-state index in [4.69, 9.17) is 0 Å². The molecule has 0 saturated carbocycles. The summed E-state index contributed by atoms with van der Waals surface area (Å²) in [6.45, 7) is 2.11. The van der Waals surface area contributed by atoms with Gasteiger partial charge in [0, 0.05) is 24.8 Å². The standard InChI is InChI=1S/C14H21N3O2/c1-3-4-5-6-13(18)16-11-7-9-12(10-8-11)17-14(19)15-2/h7-10H,3-6H2,1-2H3,(H,16,18)(H2,15,17,19). The van der Waals surface area contributed by atoms with E-state index in [9.17, 15) is 9.59 Å². The van der Waals surface area contributed by atoms with Gasteiger partial charge in [0.1, 0.15) is 0 Å². The van der Waals surface area contributed by atoms with E-state index in [1.165, 1.54) is 0 Å². The third kappa shape index (κ3) is 5.90. The van der Waals surface area contributed by atoms with Crippen molar-refractivity contribution in [3.8, 4) is 0 Å². The van der Waals surface area contributed by atoms with Gasteiger partial charge in [0.15, 0.2) is 0 Å². The van der Waals surface area contributed by atoms with E-state index in [1.54, 1.807) is 31.3 Å². The Morgan fingerprint density at radius 3 is 2.11 bits per heavy atom. The maximum Gasteiger partial charge on any atom is 0.318 e. The van der Waals surface area contributed by atoms with Gasteiger partial charge >= 0.3 is 6.03 Å². The second kappa shape index (κ2) is 8.13. The van der Waals surface area contributed by atoms with E-state index in [0.29, 0.717) is 12.1 Å². The zero-order valence-corrected chi connectivity index (χ0v) is 11.5. The summed E-state index contributed by atoms with van der Waals surface area (Å²) in [7, 11) is 1.56. The highest BCUT2D eigenvalue weighted by molar-refractivity contribution is 5.92. The summed E-state index contributed by atoms with van der Waals surface area (Å²) in [6.07, 6.45) is 3.64. The number of carbonyl (C=O) groups excluding carboxylic acids is 2. The van der Waals surface area contributed by atoms with Gasteiger partial charge in [-0.15, -0.1) is 0 Å². The summed E-state index contributed by atoms with van der Waals surface area (Å²) >= 11 is 0. The average Bonchev–Trinajstić information content (AvgIpc) is 2.41. The van der Waals surface area contributed by atoms with Crippen LogP contribution in [0.15, 0.2) is 24.3 Å². The molecular weight excluding hydrogens is 242 g/mol. The smallest absolute Gasteiger partial charge is 0.318 e. The Morgan fingerprint density at radius 2 is 1.58 bits per heavy atom. The van der Waals surface area contributed by atoms with Crippen LogP contribution in [0.25, 0.3) is 0 Å². The van der Waals surface area contributed by atoms with Crippen LogP contribution in [0.3, 0.4) is 0 Å². The molecule has 1 aromatic rings. The Balaban J connectivity index is 2.43. The lowest BCUT2D eigenvalue weighted by Crippen LogP contribution is -2.24. The van der Waals surface area contributed by atoms with Gasteiger partial charge in [-0.25, -0.2) is 4.79 Å². The largest absolute Gasteiger partial charge is 0.341 e. The molecule has 0 radical (unpaired) electrons. The number of amides is 3. The zero-order chi connectivity index (χ0) is 14.1. The summed E-state index contributed by atoms with van der Waals surface area (Å²) in [5, 5.41) is 7.95. The van der Waals surface area contributed by atoms with Crippen molar-refractivity contribution in [2.24, 2.45) is 0 Å². The topological polar surface area (TPSA) is 70.2 Å². The Kier molecular flexibility index (Phi) is 6.43. The van der Waals surface area contributed by atoms with Crippen LogP contribution in [0, 0.1) is 0 Å². The molecule has 1 rings (SSSR count). The second-order valence-electron chi connectivity index (χ2n) is 4.29. The van der Waals surface area contributed by atoms with Crippen LogP contribution in [0.4, 0.5) is 16.2 Å². The molecule has 3 N–H and O–H groups in total. The highest BCUT2D eigenvalue weighted by atomic mass is 16.2. The molecule has 19 heavy (non-hydrogen) atoms. The molecule has 0 aliphatic carbocycles. The molecule has 0 heterocycles. The second-order valence-corrected chi connectivity index (χ2v) is 4.29. The van der Waals surface area contributed by atoms with Gasteiger partial charge < -0.3 is 16.0 Å². The third-order valence-electron chi connectivity index (χ3n) is 2.66. The maximum atomic E-state index is 11.6. The van der Waals surface area contributed by atoms with Crippen molar-refractivity contribution in [3.63, 3.8) is 0 Å². The maximum absolute atomic E-state index is 11.6. The van der Waals surface area contributed by atoms with Gasteiger partial charge in [-0.05, 0) is 30.7 Å². The number of carbonyl (C=O) groups is 2. The van der Waals surface area contributed by atoms with E-state index in [-0.39, 0.29) is 11.9 Å². The van der Waals surface area contributed by atoms with Crippen LogP contribution >= 0.6 is 0 Å². The fourth-order valence-electron chi connectivity index (χ4n) is 1.59. The number of hydrogen-bond donors (Lipinski definition) is 3. The Morgan fingerprint density at radius 1 is 1.00 bits per heavy atom. The first-order valence-corrected chi connectivity index (χ1v) is 6.54.